The third-order valence-corrected chi connectivity index (χ3v) is 7.47. The monoisotopic (exact) mass is 539 g/mol. The van der Waals surface area contributed by atoms with Crippen molar-refractivity contribution in [3.63, 3.8) is 0 Å². The molecule has 34 heavy (non-hydrogen) atoms. The van der Waals surface area contributed by atoms with E-state index in [0.29, 0.717) is 38.8 Å². The Morgan fingerprint density at radius 3 is 2.65 bits per heavy atom. The van der Waals surface area contributed by atoms with Crippen molar-refractivity contribution in [2.75, 3.05) is 25.0 Å². The van der Waals surface area contributed by atoms with Crippen LogP contribution in [0.1, 0.15) is 34.0 Å². The minimum absolute atomic E-state index is 0.0448. The molecule has 8 heteroatoms. The highest BCUT2D eigenvalue weighted by molar-refractivity contribution is 9.10. The Balaban J connectivity index is 1.32. The number of likely N-dealkylation sites (tertiary alicyclic amines) is 1. The lowest BCUT2D eigenvalue weighted by Gasteiger charge is -2.42. The standard InChI is InChI=1S/C26H23BrClN3O3/c27-21-5-2-1-4-19(21)26(34)20-11-18(28)8-9-22(20)29-24(32)15-30-12-16-10-17(14-30)23-6-3-7-25(33)31(23)13-16/h1-9,11,16-17H,10,12-15H2,(H,29,32). The Morgan fingerprint density at radius 2 is 1.82 bits per heavy atom. The predicted molar refractivity (Wildman–Crippen MR) is 136 cm³/mol. The molecule has 1 fully saturated rings. The smallest absolute Gasteiger partial charge is 0.250 e. The molecule has 1 amide bonds. The Morgan fingerprint density at radius 1 is 1.00 bits per heavy atom. The second kappa shape index (κ2) is 9.49. The number of pyridine rings is 1. The molecule has 2 aromatic carbocycles. The van der Waals surface area contributed by atoms with Gasteiger partial charge in [-0.3, -0.25) is 19.3 Å². The fraction of sp³-hybridized carbons (Fsp3) is 0.269. The molecule has 2 aliphatic rings. The number of amides is 1. The van der Waals surface area contributed by atoms with Gasteiger partial charge in [0.2, 0.25) is 5.91 Å². The van der Waals surface area contributed by atoms with Gasteiger partial charge in [0, 0.05) is 57.9 Å². The van der Waals surface area contributed by atoms with E-state index in [0.717, 1.165) is 25.2 Å². The summed E-state index contributed by atoms with van der Waals surface area (Å²) in [7, 11) is 0. The summed E-state index contributed by atoms with van der Waals surface area (Å²) in [4.78, 5) is 40.6. The number of hydrogen-bond acceptors (Lipinski definition) is 4. The third-order valence-electron chi connectivity index (χ3n) is 6.54. The Hall–Kier alpha value is -2.74. The Bertz CT molecular complexity index is 1340. The minimum atomic E-state index is -0.222. The van der Waals surface area contributed by atoms with Crippen LogP contribution in [0.5, 0.6) is 0 Å². The maximum absolute atomic E-state index is 13.2. The van der Waals surface area contributed by atoms with Crippen LogP contribution in [0.3, 0.4) is 0 Å². The van der Waals surface area contributed by atoms with E-state index in [9.17, 15) is 14.4 Å². The van der Waals surface area contributed by atoms with Gasteiger partial charge in [-0.1, -0.05) is 45.7 Å². The first-order valence-electron chi connectivity index (χ1n) is 11.2. The molecule has 2 atom stereocenters. The number of hydrogen-bond donors (Lipinski definition) is 1. The van der Waals surface area contributed by atoms with Crippen molar-refractivity contribution >= 4 is 44.9 Å². The zero-order valence-corrected chi connectivity index (χ0v) is 20.7. The number of halogens is 2. The number of carbonyl (C=O) groups excluding carboxylic acids is 2. The number of piperidine rings is 1. The lowest BCUT2D eigenvalue weighted by molar-refractivity contribution is -0.117. The highest BCUT2D eigenvalue weighted by atomic mass is 79.9. The van der Waals surface area contributed by atoms with Gasteiger partial charge in [-0.05, 0) is 48.7 Å². The molecule has 2 aliphatic heterocycles. The van der Waals surface area contributed by atoms with Crippen LogP contribution in [0.15, 0.2) is 69.9 Å². The van der Waals surface area contributed by atoms with Crippen LogP contribution in [0, 0.1) is 5.92 Å². The highest BCUT2D eigenvalue weighted by Gasteiger charge is 2.35. The first kappa shape index (κ1) is 23.0. The van der Waals surface area contributed by atoms with Gasteiger partial charge in [0.05, 0.1) is 12.2 Å². The number of ketones is 1. The minimum Gasteiger partial charge on any atom is -0.324 e. The van der Waals surface area contributed by atoms with Crippen molar-refractivity contribution < 1.29 is 9.59 Å². The number of carbonyl (C=O) groups is 2. The zero-order valence-electron chi connectivity index (χ0n) is 18.3. The van der Waals surface area contributed by atoms with E-state index in [2.05, 4.69) is 26.1 Å². The molecule has 0 spiro atoms. The molecule has 1 saturated heterocycles. The van der Waals surface area contributed by atoms with Gasteiger partial charge in [0.25, 0.3) is 5.56 Å². The van der Waals surface area contributed by atoms with E-state index in [1.807, 2.05) is 22.8 Å². The molecule has 5 rings (SSSR count). The molecule has 1 N–H and O–H groups in total. The Kier molecular flexibility index (Phi) is 6.42. The first-order chi connectivity index (χ1) is 16.4. The van der Waals surface area contributed by atoms with E-state index < -0.39 is 0 Å². The van der Waals surface area contributed by atoms with Crippen molar-refractivity contribution in [1.29, 1.82) is 0 Å². The largest absolute Gasteiger partial charge is 0.324 e. The number of nitrogens with zero attached hydrogens (tertiary/aromatic N) is 2. The van der Waals surface area contributed by atoms with Gasteiger partial charge >= 0.3 is 0 Å². The molecular weight excluding hydrogens is 518 g/mol. The lowest BCUT2D eigenvalue weighted by Crippen LogP contribution is -2.49. The summed E-state index contributed by atoms with van der Waals surface area (Å²) in [6.07, 6.45) is 1.03. The molecule has 3 heterocycles. The molecule has 0 aliphatic carbocycles. The van der Waals surface area contributed by atoms with Gasteiger partial charge in [0.15, 0.2) is 5.78 Å². The Labute approximate surface area is 210 Å². The molecule has 174 valence electrons. The zero-order chi connectivity index (χ0) is 23.8. The molecule has 0 saturated carbocycles. The van der Waals surface area contributed by atoms with E-state index in [4.69, 9.17) is 11.6 Å². The van der Waals surface area contributed by atoms with E-state index in [1.54, 1.807) is 42.5 Å². The van der Waals surface area contributed by atoms with Crippen molar-refractivity contribution in [1.82, 2.24) is 9.47 Å². The van der Waals surface area contributed by atoms with Crippen molar-refractivity contribution in [3.8, 4) is 0 Å². The van der Waals surface area contributed by atoms with E-state index >= 15 is 0 Å². The van der Waals surface area contributed by atoms with Crippen LogP contribution in [-0.4, -0.2) is 40.8 Å². The second-order valence-corrected chi connectivity index (χ2v) is 10.2. The first-order valence-corrected chi connectivity index (χ1v) is 12.4. The summed E-state index contributed by atoms with van der Waals surface area (Å²) < 4.78 is 2.56. The molecule has 2 bridgehead atoms. The SMILES string of the molecule is O=C(CN1CC2CC(C1)c1cccc(=O)n1C2)Nc1ccc(Cl)cc1C(=O)c1ccccc1Br. The quantitative estimate of drug-likeness (QED) is 0.482. The third kappa shape index (κ3) is 4.60. The second-order valence-electron chi connectivity index (χ2n) is 8.94. The van der Waals surface area contributed by atoms with Crippen molar-refractivity contribution in [2.45, 2.75) is 18.9 Å². The van der Waals surface area contributed by atoms with Crippen molar-refractivity contribution in [2.24, 2.45) is 5.92 Å². The molecule has 2 unspecified atom stereocenters. The van der Waals surface area contributed by atoms with Gasteiger partial charge in [-0.15, -0.1) is 0 Å². The summed E-state index contributed by atoms with van der Waals surface area (Å²) in [5, 5.41) is 3.34. The molecule has 6 nitrogen and oxygen atoms in total. The number of rotatable bonds is 5. The van der Waals surface area contributed by atoms with Crippen LogP contribution in [0.4, 0.5) is 5.69 Å². The maximum Gasteiger partial charge on any atom is 0.250 e. The number of benzene rings is 2. The van der Waals surface area contributed by atoms with E-state index in [-0.39, 0.29) is 29.7 Å². The van der Waals surface area contributed by atoms with Gasteiger partial charge < -0.3 is 9.88 Å². The average molecular weight is 541 g/mol. The summed E-state index contributed by atoms with van der Waals surface area (Å²) in [5.74, 6) is 0.160. The topological polar surface area (TPSA) is 71.4 Å². The normalized spacial score (nSPS) is 19.4. The number of nitrogens with one attached hydrogen (secondary N) is 1. The molecule has 1 aromatic heterocycles. The number of aromatic nitrogens is 1. The lowest BCUT2D eigenvalue weighted by atomic mass is 9.83. The van der Waals surface area contributed by atoms with Gasteiger partial charge in [0.1, 0.15) is 0 Å². The fourth-order valence-corrected chi connectivity index (χ4v) is 5.76. The van der Waals surface area contributed by atoms with Crippen molar-refractivity contribution in [3.05, 3.63) is 97.3 Å². The average Bonchev–Trinajstić information content (AvgIpc) is 2.81. The number of fused-ring (bicyclic) bond motifs is 4. The summed E-state index contributed by atoms with van der Waals surface area (Å²) in [6.45, 7) is 2.38. The van der Waals surface area contributed by atoms with Crippen LogP contribution in [0.2, 0.25) is 5.02 Å². The number of anilines is 1. The van der Waals surface area contributed by atoms with Crippen LogP contribution < -0.4 is 10.9 Å². The van der Waals surface area contributed by atoms with Gasteiger partial charge in [-0.25, -0.2) is 0 Å². The predicted octanol–water partition coefficient (Wildman–Crippen LogP) is 4.55. The van der Waals surface area contributed by atoms with Gasteiger partial charge in [-0.2, -0.15) is 0 Å². The summed E-state index contributed by atoms with van der Waals surface area (Å²) in [5.41, 5.74) is 2.37. The molecule has 3 aromatic rings. The summed E-state index contributed by atoms with van der Waals surface area (Å²) in [6, 6.07) is 17.5. The van der Waals surface area contributed by atoms with Crippen LogP contribution >= 0.6 is 27.5 Å². The summed E-state index contributed by atoms with van der Waals surface area (Å²) >= 11 is 9.60. The highest BCUT2D eigenvalue weighted by Crippen LogP contribution is 2.35. The molecule has 0 radical (unpaired) electrons. The maximum atomic E-state index is 13.2. The van der Waals surface area contributed by atoms with E-state index in [1.165, 1.54) is 0 Å². The fourth-order valence-electron chi connectivity index (χ4n) is 5.12. The molecular formula is C26H23BrClN3O3. The van der Waals surface area contributed by atoms with Crippen LogP contribution in [0.25, 0.3) is 0 Å². The van der Waals surface area contributed by atoms with Crippen LogP contribution in [-0.2, 0) is 11.3 Å².